The second-order valence-electron chi connectivity index (χ2n) is 5.40. The molecule has 1 saturated carbocycles. The minimum atomic E-state index is -0.901. The third-order valence-electron chi connectivity index (χ3n) is 4.39. The number of carboxylic acid groups (broad SMARTS) is 1. The summed E-state index contributed by atoms with van der Waals surface area (Å²) in [5.41, 5.74) is -0.901. The molecule has 19 heavy (non-hydrogen) atoms. The zero-order valence-corrected chi connectivity index (χ0v) is 12.9. The van der Waals surface area contributed by atoms with Crippen LogP contribution in [0.3, 0.4) is 0 Å². The minimum Gasteiger partial charge on any atom is -0.481 e. The van der Waals surface area contributed by atoms with Crippen molar-refractivity contribution < 1.29 is 14.7 Å². The van der Waals surface area contributed by atoms with Gasteiger partial charge in [0.1, 0.15) is 0 Å². The fourth-order valence-electron chi connectivity index (χ4n) is 2.75. The number of hydrogen-bond donors (Lipinski definition) is 2. The highest BCUT2D eigenvalue weighted by molar-refractivity contribution is 7.99. The molecule has 0 saturated heterocycles. The van der Waals surface area contributed by atoms with E-state index in [4.69, 9.17) is 0 Å². The molecule has 1 fully saturated rings. The first-order chi connectivity index (χ1) is 8.97. The highest BCUT2D eigenvalue weighted by atomic mass is 32.2. The fourth-order valence-corrected chi connectivity index (χ4v) is 3.55. The van der Waals surface area contributed by atoms with E-state index in [2.05, 4.69) is 11.6 Å². The van der Waals surface area contributed by atoms with E-state index >= 15 is 0 Å². The highest BCUT2D eigenvalue weighted by Gasteiger charge is 2.38. The van der Waals surface area contributed by atoms with E-state index in [1.165, 1.54) is 0 Å². The molecule has 0 aliphatic heterocycles. The summed E-state index contributed by atoms with van der Waals surface area (Å²) < 4.78 is 0. The van der Waals surface area contributed by atoms with Crippen molar-refractivity contribution in [3.05, 3.63) is 0 Å². The van der Waals surface area contributed by atoms with Crippen molar-refractivity contribution in [1.82, 2.24) is 5.32 Å². The van der Waals surface area contributed by atoms with E-state index in [1.54, 1.807) is 0 Å². The minimum absolute atomic E-state index is 0.0930. The smallest absolute Gasteiger partial charge is 0.310 e. The van der Waals surface area contributed by atoms with Gasteiger partial charge in [-0.1, -0.05) is 13.8 Å². The maximum absolute atomic E-state index is 12.1. The number of thioether (sulfide) groups is 1. The Labute approximate surface area is 119 Å². The molecule has 1 aliphatic carbocycles. The lowest BCUT2D eigenvalue weighted by molar-refractivity contribution is -0.152. The Morgan fingerprint density at radius 2 is 1.95 bits per heavy atom. The zero-order chi connectivity index (χ0) is 14.5. The molecule has 0 spiro atoms. The maximum Gasteiger partial charge on any atom is 0.310 e. The average Bonchev–Trinajstić information content (AvgIpc) is 2.83. The van der Waals surface area contributed by atoms with Crippen LogP contribution in [-0.4, -0.2) is 34.5 Å². The van der Waals surface area contributed by atoms with Crippen LogP contribution in [0.25, 0.3) is 0 Å². The summed E-state index contributed by atoms with van der Waals surface area (Å²) in [6, 6.07) is 0.227. The number of carboxylic acids is 1. The van der Waals surface area contributed by atoms with E-state index in [0.717, 1.165) is 19.3 Å². The molecular formula is C14H25NO3S. The lowest BCUT2D eigenvalue weighted by Gasteiger charge is -2.26. The van der Waals surface area contributed by atoms with E-state index in [9.17, 15) is 14.7 Å². The van der Waals surface area contributed by atoms with Crippen LogP contribution in [0.5, 0.6) is 0 Å². The van der Waals surface area contributed by atoms with Crippen LogP contribution in [0.1, 0.15) is 52.4 Å². The van der Waals surface area contributed by atoms with Gasteiger partial charge in [0.25, 0.3) is 0 Å². The zero-order valence-electron chi connectivity index (χ0n) is 12.1. The number of carbonyl (C=O) groups is 2. The number of carbonyl (C=O) groups excluding carboxylic acids is 1. The SMILES string of the molecule is CCC(CC)(CC(=O)NC1CCC(SC)C1)C(=O)O. The van der Waals surface area contributed by atoms with Gasteiger partial charge in [-0.2, -0.15) is 11.8 Å². The van der Waals surface area contributed by atoms with Crippen LogP contribution in [0, 0.1) is 5.41 Å². The van der Waals surface area contributed by atoms with Gasteiger partial charge in [-0.15, -0.1) is 0 Å². The van der Waals surface area contributed by atoms with E-state index in [1.807, 2.05) is 25.6 Å². The molecule has 1 rings (SSSR count). The quantitative estimate of drug-likeness (QED) is 0.755. The predicted molar refractivity (Wildman–Crippen MR) is 78.4 cm³/mol. The van der Waals surface area contributed by atoms with Crippen LogP contribution in [0.4, 0.5) is 0 Å². The molecule has 5 heteroatoms. The second-order valence-corrected chi connectivity index (χ2v) is 6.54. The Morgan fingerprint density at radius 3 is 2.37 bits per heavy atom. The van der Waals surface area contributed by atoms with Gasteiger partial charge in [0.15, 0.2) is 0 Å². The highest BCUT2D eigenvalue weighted by Crippen LogP contribution is 2.32. The molecule has 4 nitrogen and oxygen atoms in total. The van der Waals surface area contributed by atoms with Gasteiger partial charge in [0, 0.05) is 17.7 Å². The van der Waals surface area contributed by atoms with Crippen LogP contribution in [0.15, 0.2) is 0 Å². The van der Waals surface area contributed by atoms with Crippen molar-refractivity contribution in [2.75, 3.05) is 6.26 Å². The molecule has 110 valence electrons. The first-order valence-electron chi connectivity index (χ1n) is 7.03. The van der Waals surface area contributed by atoms with E-state index in [-0.39, 0.29) is 18.4 Å². The Kier molecular flexibility index (Phi) is 6.17. The molecule has 0 heterocycles. The maximum atomic E-state index is 12.1. The van der Waals surface area contributed by atoms with Crippen molar-refractivity contribution >= 4 is 23.6 Å². The molecule has 2 unspecified atom stereocenters. The molecule has 2 atom stereocenters. The Hall–Kier alpha value is -0.710. The van der Waals surface area contributed by atoms with Gasteiger partial charge in [0.2, 0.25) is 5.91 Å². The molecule has 0 aromatic heterocycles. The largest absolute Gasteiger partial charge is 0.481 e. The van der Waals surface area contributed by atoms with Crippen molar-refractivity contribution in [1.29, 1.82) is 0 Å². The van der Waals surface area contributed by atoms with Crippen LogP contribution in [-0.2, 0) is 9.59 Å². The first-order valence-corrected chi connectivity index (χ1v) is 8.31. The fraction of sp³-hybridized carbons (Fsp3) is 0.857. The number of rotatable bonds is 7. The molecule has 1 aliphatic rings. The summed E-state index contributed by atoms with van der Waals surface area (Å²) >= 11 is 1.84. The van der Waals surface area contributed by atoms with Gasteiger partial charge in [0.05, 0.1) is 5.41 Å². The standard InChI is InChI=1S/C14H25NO3S/c1-4-14(5-2,13(17)18)9-12(16)15-10-6-7-11(8-10)19-3/h10-11H,4-9H2,1-3H3,(H,15,16)(H,17,18). The van der Waals surface area contributed by atoms with Crippen LogP contribution in [0.2, 0.25) is 0 Å². The van der Waals surface area contributed by atoms with Gasteiger partial charge in [-0.05, 0) is 38.4 Å². The first kappa shape index (κ1) is 16.3. The summed E-state index contributed by atoms with van der Waals surface area (Å²) in [5, 5.41) is 13.0. The Morgan fingerprint density at radius 1 is 1.32 bits per heavy atom. The monoisotopic (exact) mass is 287 g/mol. The number of aliphatic carboxylic acids is 1. The van der Waals surface area contributed by atoms with Gasteiger partial charge >= 0.3 is 5.97 Å². The van der Waals surface area contributed by atoms with Crippen LogP contribution < -0.4 is 5.32 Å². The van der Waals surface area contributed by atoms with Crippen molar-refractivity contribution in [3.63, 3.8) is 0 Å². The molecule has 0 bridgehead atoms. The summed E-state index contributed by atoms with van der Waals surface area (Å²) in [5.74, 6) is -0.973. The second kappa shape index (κ2) is 7.17. The third kappa shape index (κ3) is 4.13. The van der Waals surface area contributed by atoms with Gasteiger partial charge in [-0.25, -0.2) is 0 Å². The Balaban J connectivity index is 2.52. The summed E-state index contributed by atoms with van der Waals surface area (Å²) in [6.07, 6.45) is 6.32. The molecule has 1 amide bonds. The van der Waals surface area contributed by atoms with E-state index < -0.39 is 11.4 Å². The van der Waals surface area contributed by atoms with Crippen molar-refractivity contribution in [2.24, 2.45) is 5.41 Å². The lowest BCUT2D eigenvalue weighted by atomic mass is 9.79. The molecular weight excluding hydrogens is 262 g/mol. The topological polar surface area (TPSA) is 66.4 Å². The normalized spacial score (nSPS) is 23.3. The molecule has 2 N–H and O–H groups in total. The van der Waals surface area contributed by atoms with E-state index in [0.29, 0.717) is 18.1 Å². The Bertz CT molecular complexity index is 329. The van der Waals surface area contributed by atoms with Crippen molar-refractivity contribution in [3.8, 4) is 0 Å². The average molecular weight is 287 g/mol. The predicted octanol–water partition coefficient (Wildman–Crippen LogP) is 2.67. The summed E-state index contributed by atoms with van der Waals surface area (Å²) in [4.78, 5) is 23.4. The summed E-state index contributed by atoms with van der Waals surface area (Å²) in [6.45, 7) is 3.68. The summed E-state index contributed by atoms with van der Waals surface area (Å²) in [7, 11) is 0. The molecule has 0 radical (unpaired) electrons. The van der Waals surface area contributed by atoms with Gasteiger partial charge < -0.3 is 10.4 Å². The lowest BCUT2D eigenvalue weighted by Crippen LogP contribution is -2.40. The van der Waals surface area contributed by atoms with Crippen molar-refractivity contribution in [2.45, 2.75) is 63.7 Å². The number of amides is 1. The number of nitrogens with one attached hydrogen (secondary N) is 1. The molecule has 0 aromatic carbocycles. The van der Waals surface area contributed by atoms with Crippen LogP contribution >= 0.6 is 11.8 Å². The van der Waals surface area contributed by atoms with Gasteiger partial charge in [-0.3, -0.25) is 9.59 Å². The third-order valence-corrected chi connectivity index (χ3v) is 5.48. The number of hydrogen-bond acceptors (Lipinski definition) is 3. The molecule has 0 aromatic rings.